The highest BCUT2D eigenvalue weighted by Crippen LogP contribution is 2.51. The highest BCUT2D eigenvalue weighted by atomic mass is 16.5. The quantitative estimate of drug-likeness (QED) is 0.338. The van der Waals surface area contributed by atoms with Crippen LogP contribution in [0.3, 0.4) is 0 Å². The van der Waals surface area contributed by atoms with Crippen molar-refractivity contribution in [1.82, 2.24) is 0 Å². The van der Waals surface area contributed by atoms with Crippen LogP contribution in [0.5, 0.6) is 5.75 Å². The smallest absolute Gasteiger partial charge is 0.330 e. The van der Waals surface area contributed by atoms with Crippen LogP contribution in [0.1, 0.15) is 71.6 Å². The number of carbonyl (C=O) groups excluding carboxylic acids is 1. The second-order valence-electron chi connectivity index (χ2n) is 8.89. The number of fused-ring (bicyclic) bond motifs is 1. The summed E-state index contributed by atoms with van der Waals surface area (Å²) in [5, 5.41) is 0. The van der Waals surface area contributed by atoms with E-state index in [2.05, 4.69) is 52.8 Å². The molecule has 0 saturated heterocycles. The molecule has 0 atom stereocenters. The molecule has 152 valence electrons. The molecule has 0 N–H and O–H groups in total. The minimum atomic E-state index is -0.310. The van der Waals surface area contributed by atoms with Gasteiger partial charge in [-0.25, -0.2) is 4.79 Å². The summed E-state index contributed by atoms with van der Waals surface area (Å²) in [7, 11) is 1.73. The first-order valence-electron chi connectivity index (χ1n) is 9.95. The molecule has 1 aliphatic carbocycles. The van der Waals surface area contributed by atoms with Crippen molar-refractivity contribution < 1.29 is 14.3 Å². The lowest BCUT2D eigenvalue weighted by Gasteiger charge is -2.22. The van der Waals surface area contributed by atoms with E-state index in [9.17, 15) is 4.79 Å². The molecule has 0 heterocycles. The predicted molar refractivity (Wildman–Crippen MR) is 117 cm³/mol. The van der Waals surface area contributed by atoms with Crippen molar-refractivity contribution in [2.24, 2.45) is 0 Å². The van der Waals surface area contributed by atoms with E-state index in [0.29, 0.717) is 6.61 Å². The molecule has 0 saturated carbocycles. The minimum Gasteiger partial charge on any atom is -0.496 e. The van der Waals surface area contributed by atoms with Crippen LogP contribution in [-0.2, 0) is 20.4 Å². The molecule has 0 bridgehead atoms. The Bertz CT molecular complexity index is 836. The first-order valence-corrected chi connectivity index (χ1v) is 9.95. The fourth-order valence-electron chi connectivity index (χ4n) is 4.32. The number of benzene rings is 1. The lowest BCUT2D eigenvalue weighted by Crippen LogP contribution is -2.17. The Balaban J connectivity index is 2.36. The number of carbonyl (C=O) groups is 1. The Hall–Kier alpha value is -2.29. The number of methoxy groups -OCH3 is 1. The molecular weight excluding hydrogens is 348 g/mol. The topological polar surface area (TPSA) is 35.5 Å². The standard InChI is InChI=1S/C25H34O3/c1-9-28-23(26)13-17(2)11-10-12-18(3)19-14-20-21(15-22(19)27-8)25(6,7)16-24(20,4)5/h10-15H,9,16H2,1-8H3/b11-10+,17-13+,18-12+. The summed E-state index contributed by atoms with van der Waals surface area (Å²) in [5.74, 6) is 0.598. The van der Waals surface area contributed by atoms with Crippen molar-refractivity contribution in [2.45, 2.75) is 65.7 Å². The van der Waals surface area contributed by atoms with Gasteiger partial charge in [0.05, 0.1) is 13.7 Å². The fraction of sp³-hybridized carbons (Fsp3) is 0.480. The van der Waals surface area contributed by atoms with E-state index in [1.54, 1.807) is 14.0 Å². The van der Waals surface area contributed by atoms with E-state index in [0.717, 1.165) is 28.9 Å². The van der Waals surface area contributed by atoms with E-state index in [-0.39, 0.29) is 16.8 Å². The molecular formula is C25H34O3. The highest BCUT2D eigenvalue weighted by molar-refractivity contribution is 5.83. The Morgan fingerprint density at radius 3 is 2.29 bits per heavy atom. The molecule has 2 rings (SSSR count). The maximum atomic E-state index is 11.5. The van der Waals surface area contributed by atoms with Crippen LogP contribution in [0.2, 0.25) is 0 Å². The lowest BCUT2D eigenvalue weighted by molar-refractivity contribution is -0.137. The monoisotopic (exact) mass is 382 g/mol. The van der Waals surface area contributed by atoms with Crippen LogP contribution in [0, 0.1) is 0 Å². The molecule has 0 aromatic heterocycles. The summed E-state index contributed by atoms with van der Waals surface area (Å²) < 4.78 is 10.7. The van der Waals surface area contributed by atoms with E-state index >= 15 is 0 Å². The van der Waals surface area contributed by atoms with Gasteiger partial charge in [-0.3, -0.25) is 0 Å². The van der Waals surface area contributed by atoms with Crippen LogP contribution in [0.4, 0.5) is 0 Å². The second kappa shape index (κ2) is 8.38. The first-order chi connectivity index (χ1) is 13.0. The van der Waals surface area contributed by atoms with Crippen LogP contribution < -0.4 is 4.74 Å². The molecule has 28 heavy (non-hydrogen) atoms. The van der Waals surface area contributed by atoms with Crippen LogP contribution in [0.15, 0.2) is 42.0 Å². The Labute approximate surface area is 170 Å². The summed E-state index contributed by atoms with van der Waals surface area (Å²) in [5.41, 5.74) is 6.18. The molecule has 0 spiro atoms. The average Bonchev–Trinajstić information content (AvgIpc) is 2.77. The largest absolute Gasteiger partial charge is 0.496 e. The number of rotatable bonds is 6. The van der Waals surface area contributed by atoms with Crippen molar-refractivity contribution in [1.29, 1.82) is 0 Å². The maximum Gasteiger partial charge on any atom is 0.330 e. The second-order valence-corrected chi connectivity index (χ2v) is 8.89. The third-order valence-corrected chi connectivity index (χ3v) is 5.44. The van der Waals surface area contributed by atoms with Gasteiger partial charge in [-0.05, 0) is 72.4 Å². The van der Waals surface area contributed by atoms with Crippen LogP contribution in [-0.4, -0.2) is 19.7 Å². The highest BCUT2D eigenvalue weighted by Gasteiger charge is 2.42. The molecule has 3 nitrogen and oxygen atoms in total. The third-order valence-electron chi connectivity index (χ3n) is 5.44. The van der Waals surface area contributed by atoms with Gasteiger partial charge >= 0.3 is 5.97 Å². The maximum absolute atomic E-state index is 11.5. The molecule has 3 heteroatoms. The molecule has 0 amide bonds. The normalized spacial score (nSPS) is 18.3. The summed E-state index contributed by atoms with van der Waals surface area (Å²) in [4.78, 5) is 11.5. The van der Waals surface area contributed by atoms with Crippen molar-refractivity contribution in [3.63, 3.8) is 0 Å². The molecule has 1 aromatic carbocycles. The van der Waals surface area contributed by atoms with E-state index < -0.39 is 0 Å². The fourth-order valence-corrected chi connectivity index (χ4v) is 4.32. The molecule has 0 fully saturated rings. The number of esters is 1. The first kappa shape index (κ1) is 22.0. The Kier molecular flexibility index (Phi) is 6.59. The van der Waals surface area contributed by atoms with Gasteiger partial charge in [0.2, 0.25) is 0 Å². The van der Waals surface area contributed by atoms with Gasteiger partial charge < -0.3 is 9.47 Å². The van der Waals surface area contributed by atoms with Crippen molar-refractivity contribution >= 4 is 11.5 Å². The summed E-state index contributed by atoms with van der Waals surface area (Å²) in [6, 6.07) is 4.51. The zero-order valence-corrected chi connectivity index (χ0v) is 18.6. The molecule has 0 unspecified atom stereocenters. The van der Waals surface area contributed by atoms with Gasteiger partial charge in [-0.2, -0.15) is 0 Å². The van der Waals surface area contributed by atoms with Crippen LogP contribution in [0.25, 0.3) is 5.57 Å². The molecule has 0 radical (unpaired) electrons. The van der Waals surface area contributed by atoms with Crippen LogP contribution >= 0.6 is 0 Å². The van der Waals surface area contributed by atoms with Gasteiger partial charge in [0.15, 0.2) is 0 Å². The Morgan fingerprint density at radius 1 is 1.11 bits per heavy atom. The predicted octanol–water partition coefficient (Wildman–Crippen LogP) is 6.12. The SMILES string of the molecule is CCOC(=O)/C=C(C)/C=C/C=C(\C)c1cc2c(cc1OC)C(C)(C)CC2(C)C. The van der Waals surface area contributed by atoms with Gasteiger partial charge in [0, 0.05) is 11.6 Å². The number of hydrogen-bond acceptors (Lipinski definition) is 3. The van der Waals surface area contributed by atoms with Crippen molar-refractivity contribution in [3.05, 3.63) is 58.7 Å². The Morgan fingerprint density at radius 2 is 1.71 bits per heavy atom. The summed E-state index contributed by atoms with van der Waals surface area (Å²) in [6.07, 6.45) is 8.56. The number of allylic oxidation sites excluding steroid dienone is 5. The van der Waals surface area contributed by atoms with E-state index in [1.807, 2.05) is 19.1 Å². The zero-order chi connectivity index (χ0) is 21.1. The van der Waals surface area contributed by atoms with Crippen molar-refractivity contribution in [2.75, 3.05) is 13.7 Å². The minimum absolute atomic E-state index is 0.148. The average molecular weight is 383 g/mol. The van der Waals surface area contributed by atoms with Gasteiger partial charge in [0.25, 0.3) is 0 Å². The molecule has 1 aliphatic rings. The number of ether oxygens (including phenoxy) is 2. The zero-order valence-electron chi connectivity index (χ0n) is 18.6. The van der Waals surface area contributed by atoms with Gasteiger partial charge in [-0.1, -0.05) is 45.9 Å². The lowest BCUT2D eigenvalue weighted by atomic mass is 9.82. The molecule has 1 aromatic rings. The van der Waals surface area contributed by atoms with Gasteiger partial charge in [0.1, 0.15) is 5.75 Å². The van der Waals surface area contributed by atoms with Crippen molar-refractivity contribution in [3.8, 4) is 5.75 Å². The summed E-state index contributed by atoms with van der Waals surface area (Å²) >= 11 is 0. The molecule has 0 aliphatic heterocycles. The number of hydrogen-bond donors (Lipinski definition) is 0. The van der Waals surface area contributed by atoms with E-state index in [1.165, 1.54) is 17.2 Å². The third kappa shape index (κ3) is 4.76. The summed E-state index contributed by atoms with van der Waals surface area (Å²) in [6.45, 7) is 15.4. The van der Waals surface area contributed by atoms with Gasteiger partial charge in [-0.15, -0.1) is 0 Å². The van der Waals surface area contributed by atoms with E-state index in [4.69, 9.17) is 9.47 Å².